The summed E-state index contributed by atoms with van der Waals surface area (Å²) in [5.74, 6) is 2.19. The second-order valence-corrected chi connectivity index (χ2v) is 4.78. The van der Waals surface area contributed by atoms with E-state index in [4.69, 9.17) is 4.74 Å². The fourth-order valence-corrected chi connectivity index (χ4v) is 2.01. The highest BCUT2D eigenvalue weighted by Gasteiger charge is 2.12. The van der Waals surface area contributed by atoms with Crippen molar-refractivity contribution in [1.82, 2.24) is 0 Å². The third-order valence-electron chi connectivity index (χ3n) is 3.13. The van der Waals surface area contributed by atoms with E-state index in [9.17, 15) is 0 Å². The molecular formula is C16H15NO. The highest BCUT2D eigenvalue weighted by Crippen LogP contribution is 2.36. The fourth-order valence-electron chi connectivity index (χ4n) is 2.01. The van der Waals surface area contributed by atoms with Crippen LogP contribution in [-0.2, 0) is 0 Å². The third kappa shape index (κ3) is 1.90. The number of rotatable bonds is 1. The number of benzene rings is 2. The van der Waals surface area contributed by atoms with E-state index in [0.717, 1.165) is 22.7 Å². The number of ether oxygens (including phenoxy) is 1. The molecule has 0 saturated carbocycles. The van der Waals surface area contributed by atoms with Crippen LogP contribution in [0.2, 0.25) is 0 Å². The molecule has 0 fully saturated rings. The zero-order valence-electron chi connectivity index (χ0n) is 10.6. The minimum Gasteiger partial charge on any atom is -0.454 e. The smallest absolute Gasteiger partial charge is 0.153 e. The summed E-state index contributed by atoms with van der Waals surface area (Å²) in [6.45, 7) is 4.36. The number of para-hydroxylation sites is 2. The Morgan fingerprint density at radius 3 is 2.67 bits per heavy atom. The summed E-state index contributed by atoms with van der Waals surface area (Å²) in [5.41, 5.74) is 3.18. The van der Waals surface area contributed by atoms with Gasteiger partial charge in [-0.05, 0) is 35.7 Å². The Bertz CT molecular complexity index is 614. The van der Waals surface area contributed by atoms with E-state index in [0.29, 0.717) is 5.92 Å². The van der Waals surface area contributed by atoms with Crippen LogP contribution in [0.1, 0.15) is 30.9 Å². The van der Waals surface area contributed by atoms with Crippen molar-refractivity contribution >= 4 is 11.9 Å². The van der Waals surface area contributed by atoms with Crippen molar-refractivity contribution in [2.45, 2.75) is 19.8 Å². The van der Waals surface area contributed by atoms with Crippen LogP contribution < -0.4 is 4.74 Å². The molecule has 0 spiro atoms. The Labute approximate surface area is 107 Å². The van der Waals surface area contributed by atoms with Crippen LogP contribution in [0.5, 0.6) is 11.5 Å². The minimum absolute atomic E-state index is 0.495. The van der Waals surface area contributed by atoms with Gasteiger partial charge in [-0.3, -0.25) is 4.99 Å². The Kier molecular flexibility index (Phi) is 2.63. The molecule has 0 saturated heterocycles. The fraction of sp³-hybridized carbons (Fsp3) is 0.188. The lowest BCUT2D eigenvalue weighted by Gasteiger charge is -2.11. The largest absolute Gasteiger partial charge is 0.454 e. The second kappa shape index (κ2) is 4.30. The quantitative estimate of drug-likeness (QED) is 0.603. The second-order valence-electron chi connectivity index (χ2n) is 4.78. The van der Waals surface area contributed by atoms with Gasteiger partial charge in [0.1, 0.15) is 11.4 Å². The monoisotopic (exact) mass is 237 g/mol. The molecule has 2 heteroatoms. The molecule has 3 rings (SSSR count). The summed E-state index contributed by atoms with van der Waals surface area (Å²) in [6.07, 6.45) is 1.87. The van der Waals surface area contributed by atoms with E-state index >= 15 is 0 Å². The predicted octanol–water partition coefficient (Wildman–Crippen LogP) is 4.67. The molecule has 18 heavy (non-hydrogen) atoms. The van der Waals surface area contributed by atoms with E-state index in [1.165, 1.54) is 5.56 Å². The number of nitrogens with zero attached hydrogens (tertiary/aromatic N) is 1. The van der Waals surface area contributed by atoms with Gasteiger partial charge in [-0.2, -0.15) is 0 Å². The predicted molar refractivity (Wildman–Crippen MR) is 74.3 cm³/mol. The summed E-state index contributed by atoms with van der Waals surface area (Å²) in [4.78, 5) is 4.45. The van der Waals surface area contributed by atoms with Crippen LogP contribution in [0.3, 0.4) is 0 Å². The van der Waals surface area contributed by atoms with Crippen molar-refractivity contribution < 1.29 is 4.74 Å². The van der Waals surface area contributed by atoms with Crippen LogP contribution >= 0.6 is 0 Å². The molecule has 0 radical (unpaired) electrons. The lowest BCUT2D eigenvalue weighted by atomic mass is 10.0. The van der Waals surface area contributed by atoms with Gasteiger partial charge in [0.2, 0.25) is 0 Å². The van der Waals surface area contributed by atoms with E-state index in [1.54, 1.807) is 0 Å². The first-order valence-electron chi connectivity index (χ1n) is 6.19. The van der Waals surface area contributed by atoms with Crippen LogP contribution in [0.4, 0.5) is 5.69 Å². The van der Waals surface area contributed by atoms with Crippen molar-refractivity contribution in [3.63, 3.8) is 0 Å². The first-order chi connectivity index (χ1) is 8.74. The Hall–Kier alpha value is -2.09. The summed E-state index contributed by atoms with van der Waals surface area (Å²) < 4.78 is 5.97. The average Bonchev–Trinajstić information content (AvgIpc) is 2.56. The molecule has 0 unspecified atom stereocenters. The molecule has 2 aromatic carbocycles. The number of fused-ring (bicyclic) bond motifs is 2. The number of aliphatic imine (C=N–C) groups is 1. The molecule has 1 aliphatic heterocycles. The van der Waals surface area contributed by atoms with Gasteiger partial charge < -0.3 is 4.74 Å². The van der Waals surface area contributed by atoms with Gasteiger partial charge in [0.05, 0.1) is 0 Å². The van der Waals surface area contributed by atoms with E-state index < -0.39 is 0 Å². The van der Waals surface area contributed by atoms with Crippen molar-refractivity contribution in [3.8, 4) is 11.5 Å². The van der Waals surface area contributed by atoms with Gasteiger partial charge in [-0.15, -0.1) is 0 Å². The summed E-state index contributed by atoms with van der Waals surface area (Å²) in [7, 11) is 0. The molecule has 0 atom stereocenters. The van der Waals surface area contributed by atoms with Crippen molar-refractivity contribution in [2.24, 2.45) is 4.99 Å². The molecule has 1 aliphatic rings. The van der Waals surface area contributed by atoms with Crippen LogP contribution in [0, 0.1) is 0 Å². The number of hydrogen-bond acceptors (Lipinski definition) is 2. The third-order valence-corrected chi connectivity index (χ3v) is 3.13. The van der Waals surface area contributed by atoms with Gasteiger partial charge in [-0.25, -0.2) is 0 Å². The summed E-state index contributed by atoms with van der Waals surface area (Å²) in [6, 6.07) is 14.1. The molecule has 0 aromatic heterocycles. The Morgan fingerprint density at radius 1 is 1.00 bits per heavy atom. The zero-order chi connectivity index (χ0) is 12.5. The Balaban J connectivity index is 2.10. The first kappa shape index (κ1) is 11.0. The molecule has 0 amide bonds. The van der Waals surface area contributed by atoms with Gasteiger partial charge in [0.15, 0.2) is 5.75 Å². The lowest BCUT2D eigenvalue weighted by molar-refractivity contribution is 0.484. The van der Waals surface area contributed by atoms with Gasteiger partial charge in [0, 0.05) is 11.8 Å². The molecule has 0 bridgehead atoms. The molecular weight excluding hydrogens is 222 g/mol. The van der Waals surface area contributed by atoms with Gasteiger partial charge in [-0.1, -0.05) is 32.0 Å². The van der Waals surface area contributed by atoms with Crippen molar-refractivity contribution in [3.05, 3.63) is 53.6 Å². The molecule has 90 valence electrons. The standard InChI is InChI=1S/C16H15NO/c1-11(2)12-7-8-13-10-17-14-5-3-4-6-15(14)18-16(13)9-12/h3-11H,1-2H3. The van der Waals surface area contributed by atoms with Crippen LogP contribution in [0.15, 0.2) is 47.5 Å². The van der Waals surface area contributed by atoms with E-state index in [1.807, 2.05) is 30.5 Å². The first-order valence-corrected chi connectivity index (χ1v) is 6.19. The van der Waals surface area contributed by atoms with E-state index in [-0.39, 0.29) is 0 Å². The zero-order valence-corrected chi connectivity index (χ0v) is 10.6. The SMILES string of the molecule is CC(C)c1ccc2c(c1)Oc1ccccc1N=C2. The van der Waals surface area contributed by atoms with Crippen LogP contribution in [0.25, 0.3) is 0 Å². The molecule has 0 N–H and O–H groups in total. The van der Waals surface area contributed by atoms with Gasteiger partial charge in [0.25, 0.3) is 0 Å². The summed E-state index contributed by atoms with van der Waals surface area (Å²) in [5, 5.41) is 0. The molecule has 1 heterocycles. The highest BCUT2D eigenvalue weighted by atomic mass is 16.5. The molecule has 2 aromatic rings. The topological polar surface area (TPSA) is 21.6 Å². The highest BCUT2D eigenvalue weighted by molar-refractivity contribution is 5.87. The van der Waals surface area contributed by atoms with E-state index in [2.05, 4.69) is 37.0 Å². The molecule has 0 aliphatic carbocycles. The lowest BCUT2D eigenvalue weighted by Crippen LogP contribution is -1.93. The maximum Gasteiger partial charge on any atom is 0.153 e. The maximum atomic E-state index is 5.97. The molecule has 2 nitrogen and oxygen atoms in total. The minimum atomic E-state index is 0.495. The summed E-state index contributed by atoms with van der Waals surface area (Å²) >= 11 is 0. The van der Waals surface area contributed by atoms with Crippen molar-refractivity contribution in [1.29, 1.82) is 0 Å². The van der Waals surface area contributed by atoms with Crippen molar-refractivity contribution in [2.75, 3.05) is 0 Å². The van der Waals surface area contributed by atoms with Crippen LogP contribution in [-0.4, -0.2) is 6.21 Å². The Morgan fingerprint density at radius 2 is 1.83 bits per heavy atom. The maximum absolute atomic E-state index is 5.97. The average molecular weight is 237 g/mol. The number of hydrogen-bond donors (Lipinski definition) is 0. The normalized spacial score (nSPS) is 12.6. The van der Waals surface area contributed by atoms with Gasteiger partial charge >= 0.3 is 0 Å².